The van der Waals surface area contributed by atoms with Crippen LogP contribution in [0, 0.1) is 0 Å². The Morgan fingerprint density at radius 2 is 2.33 bits per heavy atom. The second-order valence-corrected chi connectivity index (χ2v) is 2.59. The highest BCUT2D eigenvalue weighted by molar-refractivity contribution is 5.37. The molecule has 0 bridgehead atoms. The molecule has 2 aromatic heterocycles. The molecule has 0 aromatic carbocycles. The zero-order valence-corrected chi connectivity index (χ0v) is 6.64. The van der Waals surface area contributed by atoms with E-state index in [9.17, 15) is 0 Å². The van der Waals surface area contributed by atoms with E-state index < -0.39 is 0 Å². The summed E-state index contributed by atoms with van der Waals surface area (Å²) < 4.78 is 1.81. The molecule has 2 aromatic rings. The average Bonchev–Trinajstić information content (AvgIpc) is 2.53. The lowest BCUT2D eigenvalue weighted by Gasteiger charge is -2.00. The van der Waals surface area contributed by atoms with Crippen molar-refractivity contribution in [2.24, 2.45) is 5.73 Å². The van der Waals surface area contributed by atoms with Crippen molar-refractivity contribution in [3.8, 4) is 0 Å². The molecule has 0 unspecified atom stereocenters. The lowest BCUT2D eigenvalue weighted by atomic mass is 10.3. The summed E-state index contributed by atoms with van der Waals surface area (Å²) in [6, 6.07) is 5.90. The molecule has 4 heteroatoms. The fraction of sp³-hybridized carbons (Fsp3) is 0.250. The summed E-state index contributed by atoms with van der Waals surface area (Å²) in [5, 5.41) is 4.09. The molecule has 2 rings (SSSR count). The average molecular weight is 162 g/mol. The molecule has 2 heterocycles. The van der Waals surface area contributed by atoms with Crippen molar-refractivity contribution in [1.29, 1.82) is 0 Å². The van der Waals surface area contributed by atoms with E-state index in [-0.39, 0.29) is 0 Å². The van der Waals surface area contributed by atoms with Crippen molar-refractivity contribution < 1.29 is 0 Å². The summed E-state index contributed by atoms with van der Waals surface area (Å²) in [5.74, 6) is 0. The minimum atomic E-state index is 0.638. The number of rotatable bonds is 2. The van der Waals surface area contributed by atoms with Crippen molar-refractivity contribution in [2.75, 3.05) is 6.54 Å². The Hall–Kier alpha value is -1.42. The first-order valence-corrected chi connectivity index (χ1v) is 3.89. The SMILES string of the molecule is NCCc1cccc2ncnn12. The highest BCUT2D eigenvalue weighted by atomic mass is 15.3. The van der Waals surface area contributed by atoms with E-state index in [4.69, 9.17) is 5.73 Å². The molecule has 0 saturated heterocycles. The highest BCUT2D eigenvalue weighted by Gasteiger charge is 1.99. The summed E-state index contributed by atoms with van der Waals surface area (Å²) in [6.45, 7) is 0.638. The van der Waals surface area contributed by atoms with Crippen LogP contribution in [0.15, 0.2) is 24.5 Å². The van der Waals surface area contributed by atoms with Gasteiger partial charge in [-0.25, -0.2) is 9.50 Å². The summed E-state index contributed by atoms with van der Waals surface area (Å²) in [4.78, 5) is 4.07. The van der Waals surface area contributed by atoms with Crippen LogP contribution < -0.4 is 5.73 Å². The van der Waals surface area contributed by atoms with Crippen LogP contribution in [-0.4, -0.2) is 21.1 Å². The molecule has 0 radical (unpaired) electrons. The first-order chi connectivity index (χ1) is 5.92. The third-order valence-electron chi connectivity index (χ3n) is 1.78. The van der Waals surface area contributed by atoms with Gasteiger partial charge in [0, 0.05) is 12.1 Å². The smallest absolute Gasteiger partial charge is 0.155 e. The largest absolute Gasteiger partial charge is 0.330 e. The van der Waals surface area contributed by atoms with Gasteiger partial charge in [-0.2, -0.15) is 5.10 Å². The molecule has 0 aliphatic carbocycles. The minimum absolute atomic E-state index is 0.638. The number of hydrogen-bond acceptors (Lipinski definition) is 3. The van der Waals surface area contributed by atoms with Crippen LogP contribution in [0.5, 0.6) is 0 Å². The Balaban J connectivity index is 2.57. The second-order valence-electron chi connectivity index (χ2n) is 2.59. The van der Waals surface area contributed by atoms with Crippen molar-refractivity contribution >= 4 is 5.65 Å². The van der Waals surface area contributed by atoms with Gasteiger partial charge in [-0.05, 0) is 18.7 Å². The van der Waals surface area contributed by atoms with Crippen LogP contribution in [0.1, 0.15) is 5.69 Å². The first-order valence-electron chi connectivity index (χ1n) is 3.89. The second kappa shape index (κ2) is 2.91. The summed E-state index contributed by atoms with van der Waals surface area (Å²) >= 11 is 0. The molecule has 0 spiro atoms. The maximum absolute atomic E-state index is 5.46. The molecule has 0 aliphatic heterocycles. The van der Waals surface area contributed by atoms with Crippen LogP contribution in [0.2, 0.25) is 0 Å². The molecule has 4 nitrogen and oxygen atoms in total. The van der Waals surface area contributed by atoms with Crippen molar-refractivity contribution in [3.63, 3.8) is 0 Å². The van der Waals surface area contributed by atoms with E-state index >= 15 is 0 Å². The number of nitrogens with two attached hydrogens (primary N) is 1. The zero-order chi connectivity index (χ0) is 8.39. The Labute approximate surface area is 70.0 Å². The predicted molar refractivity (Wildman–Crippen MR) is 45.7 cm³/mol. The van der Waals surface area contributed by atoms with Gasteiger partial charge in [0.1, 0.15) is 6.33 Å². The van der Waals surface area contributed by atoms with Crippen molar-refractivity contribution in [1.82, 2.24) is 14.6 Å². The van der Waals surface area contributed by atoms with E-state index in [1.54, 1.807) is 6.33 Å². The van der Waals surface area contributed by atoms with Crippen LogP contribution in [0.25, 0.3) is 5.65 Å². The quantitative estimate of drug-likeness (QED) is 0.687. The molecular formula is C8H10N4. The minimum Gasteiger partial charge on any atom is -0.330 e. The molecule has 0 fully saturated rings. The van der Waals surface area contributed by atoms with Gasteiger partial charge >= 0.3 is 0 Å². The summed E-state index contributed by atoms with van der Waals surface area (Å²) in [7, 11) is 0. The number of pyridine rings is 1. The van der Waals surface area contributed by atoms with Crippen LogP contribution in [0.4, 0.5) is 0 Å². The standard InChI is InChI=1S/C8H10N4/c9-5-4-7-2-1-3-8-10-6-11-12(7)8/h1-3,6H,4-5,9H2. The predicted octanol–water partition coefficient (Wildman–Crippen LogP) is 0.230. The Kier molecular flexibility index (Phi) is 1.75. The molecule has 0 saturated carbocycles. The van der Waals surface area contributed by atoms with E-state index in [2.05, 4.69) is 10.1 Å². The highest BCUT2D eigenvalue weighted by Crippen LogP contribution is 2.03. The fourth-order valence-corrected chi connectivity index (χ4v) is 1.24. The lowest BCUT2D eigenvalue weighted by molar-refractivity contribution is 0.828. The van der Waals surface area contributed by atoms with E-state index in [1.165, 1.54) is 0 Å². The molecular weight excluding hydrogens is 152 g/mol. The van der Waals surface area contributed by atoms with Gasteiger partial charge in [-0.3, -0.25) is 0 Å². The number of hydrogen-bond donors (Lipinski definition) is 1. The monoisotopic (exact) mass is 162 g/mol. The molecule has 2 N–H and O–H groups in total. The maximum atomic E-state index is 5.46. The van der Waals surface area contributed by atoms with Gasteiger partial charge in [0.05, 0.1) is 0 Å². The van der Waals surface area contributed by atoms with Crippen LogP contribution in [0.3, 0.4) is 0 Å². The number of nitrogens with zero attached hydrogens (tertiary/aromatic N) is 3. The topological polar surface area (TPSA) is 56.2 Å². The zero-order valence-electron chi connectivity index (χ0n) is 6.64. The number of aromatic nitrogens is 3. The Bertz CT molecular complexity index is 379. The third-order valence-corrected chi connectivity index (χ3v) is 1.78. The van der Waals surface area contributed by atoms with Gasteiger partial charge in [0.25, 0.3) is 0 Å². The van der Waals surface area contributed by atoms with Gasteiger partial charge < -0.3 is 5.73 Å². The third kappa shape index (κ3) is 1.06. The lowest BCUT2D eigenvalue weighted by Crippen LogP contribution is -2.07. The Morgan fingerprint density at radius 1 is 1.42 bits per heavy atom. The fourth-order valence-electron chi connectivity index (χ4n) is 1.24. The molecule has 0 amide bonds. The van der Waals surface area contributed by atoms with Crippen molar-refractivity contribution in [3.05, 3.63) is 30.2 Å². The Morgan fingerprint density at radius 3 is 3.17 bits per heavy atom. The summed E-state index contributed by atoms with van der Waals surface area (Å²) in [5.41, 5.74) is 7.44. The maximum Gasteiger partial charge on any atom is 0.155 e. The van der Waals surface area contributed by atoms with Crippen LogP contribution in [-0.2, 0) is 6.42 Å². The molecule has 62 valence electrons. The van der Waals surface area contributed by atoms with Gasteiger partial charge in [-0.1, -0.05) is 6.07 Å². The van der Waals surface area contributed by atoms with Gasteiger partial charge in [-0.15, -0.1) is 0 Å². The summed E-state index contributed by atoms with van der Waals surface area (Å²) in [6.07, 6.45) is 2.38. The van der Waals surface area contributed by atoms with E-state index in [1.807, 2.05) is 22.7 Å². The molecule has 12 heavy (non-hydrogen) atoms. The van der Waals surface area contributed by atoms with Crippen LogP contribution >= 0.6 is 0 Å². The van der Waals surface area contributed by atoms with E-state index in [0.29, 0.717) is 6.54 Å². The molecule has 0 atom stereocenters. The normalized spacial score (nSPS) is 10.8. The number of fused-ring (bicyclic) bond motifs is 1. The van der Waals surface area contributed by atoms with Gasteiger partial charge in [0.2, 0.25) is 0 Å². The molecule has 0 aliphatic rings. The van der Waals surface area contributed by atoms with E-state index in [0.717, 1.165) is 17.8 Å². The van der Waals surface area contributed by atoms with Crippen molar-refractivity contribution in [2.45, 2.75) is 6.42 Å². The first kappa shape index (κ1) is 7.24. The van der Waals surface area contributed by atoms with Gasteiger partial charge in [0.15, 0.2) is 5.65 Å².